The summed E-state index contributed by atoms with van der Waals surface area (Å²) in [5.41, 5.74) is 4.60. The second kappa shape index (κ2) is 10.0. The highest BCUT2D eigenvalue weighted by molar-refractivity contribution is 6.36. The van der Waals surface area contributed by atoms with Crippen molar-refractivity contribution in [2.45, 2.75) is 33.1 Å². The lowest BCUT2D eigenvalue weighted by Crippen LogP contribution is -2.34. The SMILES string of the molecule is CCOCCCN1C(=O)C(Nc2ccc(N3CCCC3)cc2)=C(c2ccc(C)cc2)C1=O. The van der Waals surface area contributed by atoms with E-state index in [4.69, 9.17) is 4.74 Å². The number of benzene rings is 2. The van der Waals surface area contributed by atoms with Crippen molar-refractivity contribution in [1.82, 2.24) is 4.90 Å². The molecule has 4 rings (SSSR count). The van der Waals surface area contributed by atoms with E-state index >= 15 is 0 Å². The van der Waals surface area contributed by atoms with Crippen molar-refractivity contribution in [3.63, 3.8) is 0 Å². The maximum absolute atomic E-state index is 13.3. The first-order chi connectivity index (χ1) is 15.6. The van der Waals surface area contributed by atoms with Gasteiger partial charge in [-0.05, 0) is 62.9 Å². The molecule has 0 spiro atoms. The van der Waals surface area contributed by atoms with E-state index in [2.05, 4.69) is 22.3 Å². The van der Waals surface area contributed by atoms with Crippen molar-refractivity contribution in [3.8, 4) is 0 Å². The molecule has 6 nitrogen and oxygen atoms in total. The summed E-state index contributed by atoms with van der Waals surface area (Å²) in [4.78, 5) is 30.2. The van der Waals surface area contributed by atoms with Gasteiger partial charge in [0.05, 0.1) is 5.57 Å². The van der Waals surface area contributed by atoms with E-state index in [1.165, 1.54) is 23.4 Å². The summed E-state index contributed by atoms with van der Waals surface area (Å²) >= 11 is 0. The number of nitrogens with one attached hydrogen (secondary N) is 1. The molecule has 0 aliphatic carbocycles. The lowest BCUT2D eigenvalue weighted by Gasteiger charge is -2.18. The van der Waals surface area contributed by atoms with Crippen molar-refractivity contribution in [2.24, 2.45) is 0 Å². The van der Waals surface area contributed by atoms with Gasteiger partial charge in [-0.3, -0.25) is 14.5 Å². The van der Waals surface area contributed by atoms with Gasteiger partial charge in [0, 0.05) is 44.2 Å². The molecule has 1 saturated heterocycles. The van der Waals surface area contributed by atoms with Crippen molar-refractivity contribution < 1.29 is 14.3 Å². The molecule has 0 saturated carbocycles. The standard InChI is InChI=1S/C26H31N3O3/c1-3-32-18-6-17-29-25(30)23(20-9-7-19(2)8-10-20)24(26(29)31)27-21-11-13-22(14-12-21)28-15-4-5-16-28/h7-14,27H,3-6,15-18H2,1-2H3. The van der Waals surface area contributed by atoms with E-state index in [0.29, 0.717) is 37.4 Å². The normalized spacial score (nSPS) is 16.4. The van der Waals surface area contributed by atoms with Crippen LogP contribution in [-0.4, -0.2) is 49.6 Å². The predicted molar refractivity (Wildman–Crippen MR) is 127 cm³/mol. The average molecular weight is 434 g/mol. The number of imide groups is 1. The molecule has 2 aliphatic rings. The summed E-state index contributed by atoms with van der Waals surface area (Å²) in [6.07, 6.45) is 3.06. The molecule has 2 aromatic rings. The van der Waals surface area contributed by atoms with Crippen molar-refractivity contribution in [2.75, 3.05) is 43.1 Å². The molecule has 1 fully saturated rings. The van der Waals surface area contributed by atoms with Gasteiger partial charge in [0.2, 0.25) is 0 Å². The zero-order chi connectivity index (χ0) is 22.5. The number of hydrogen-bond donors (Lipinski definition) is 1. The molecule has 2 amide bonds. The van der Waals surface area contributed by atoms with Gasteiger partial charge in [-0.25, -0.2) is 0 Å². The number of carbonyl (C=O) groups is 2. The van der Waals surface area contributed by atoms with Crippen LogP contribution >= 0.6 is 0 Å². The van der Waals surface area contributed by atoms with Crippen LogP contribution in [0.5, 0.6) is 0 Å². The van der Waals surface area contributed by atoms with Crippen LogP contribution in [0, 0.1) is 6.92 Å². The highest BCUT2D eigenvalue weighted by Gasteiger charge is 2.38. The van der Waals surface area contributed by atoms with E-state index < -0.39 is 0 Å². The number of nitrogens with zero attached hydrogens (tertiary/aromatic N) is 2. The predicted octanol–water partition coefficient (Wildman–Crippen LogP) is 4.21. The molecule has 0 bridgehead atoms. The van der Waals surface area contributed by atoms with Crippen LogP contribution in [0.1, 0.15) is 37.3 Å². The Labute approximate surface area is 189 Å². The smallest absolute Gasteiger partial charge is 0.278 e. The fourth-order valence-corrected chi connectivity index (χ4v) is 4.23. The van der Waals surface area contributed by atoms with Gasteiger partial charge in [-0.15, -0.1) is 0 Å². The number of aryl methyl sites for hydroxylation is 1. The van der Waals surface area contributed by atoms with E-state index in [9.17, 15) is 9.59 Å². The van der Waals surface area contributed by atoms with Gasteiger partial charge in [-0.2, -0.15) is 0 Å². The van der Waals surface area contributed by atoms with Gasteiger partial charge < -0.3 is 15.0 Å². The zero-order valence-electron chi connectivity index (χ0n) is 18.9. The fourth-order valence-electron chi connectivity index (χ4n) is 4.23. The van der Waals surface area contributed by atoms with Crippen LogP contribution in [0.4, 0.5) is 11.4 Å². The maximum atomic E-state index is 13.3. The minimum absolute atomic E-state index is 0.258. The Kier molecular flexibility index (Phi) is 6.90. The summed E-state index contributed by atoms with van der Waals surface area (Å²) in [5, 5.41) is 3.25. The maximum Gasteiger partial charge on any atom is 0.278 e. The van der Waals surface area contributed by atoms with Gasteiger partial charge in [-0.1, -0.05) is 29.8 Å². The van der Waals surface area contributed by atoms with Crippen LogP contribution in [0.3, 0.4) is 0 Å². The molecule has 1 N–H and O–H groups in total. The van der Waals surface area contributed by atoms with E-state index in [1.807, 2.05) is 50.2 Å². The lowest BCUT2D eigenvalue weighted by atomic mass is 10.0. The molecule has 0 radical (unpaired) electrons. The van der Waals surface area contributed by atoms with E-state index in [0.717, 1.165) is 29.9 Å². The molecule has 2 aliphatic heterocycles. The number of ether oxygens (including phenoxy) is 1. The van der Waals surface area contributed by atoms with Gasteiger partial charge >= 0.3 is 0 Å². The summed E-state index contributed by atoms with van der Waals surface area (Å²) in [5.74, 6) is -0.544. The Morgan fingerprint density at radius 3 is 2.28 bits per heavy atom. The molecule has 32 heavy (non-hydrogen) atoms. The Morgan fingerprint density at radius 2 is 1.62 bits per heavy atom. The van der Waals surface area contributed by atoms with Gasteiger partial charge in [0.25, 0.3) is 11.8 Å². The third kappa shape index (κ3) is 4.70. The number of hydrogen-bond acceptors (Lipinski definition) is 5. The second-order valence-corrected chi connectivity index (χ2v) is 8.29. The molecular weight excluding hydrogens is 402 g/mol. The molecule has 168 valence electrons. The number of rotatable bonds is 9. The topological polar surface area (TPSA) is 61.9 Å². The Hall–Kier alpha value is -3.12. The Bertz CT molecular complexity index is 990. The van der Waals surface area contributed by atoms with Crippen molar-refractivity contribution in [3.05, 3.63) is 65.4 Å². The van der Waals surface area contributed by atoms with Crippen LogP contribution in [0.25, 0.3) is 5.57 Å². The minimum atomic E-state index is -0.286. The lowest BCUT2D eigenvalue weighted by molar-refractivity contribution is -0.137. The molecule has 0 unspecified atom stereocenters. The third-order valence-corrected chi connectivity index (χ3v) is 5.99. The van der Waals surface area contributed by atoms with Crippen LogP contribution in [-0.2, 0) is 14.3 Å². The quantitative estimate of drug-likeness (QED) is 0.474. The largest absolute Gasteiger partial charge is 0.382 e. The average Bonchev–Trinajstić information content (AvgIpc) is 3.41. The first kappa shape index (κ1) is 22.1. The fraction of sp³-hybridized carbons (Fsp3) is 0.385. The van der Waals surface area contributed by atoms with Gasteiger partial charge in [0.1, 0.15) is 5.70 Å². The Balaban J connectivity index is 1.59. The molecule has 6 heteroatoms. The van der Waals surface area contributed by atoms with Crippen molar-refractivity contribution >= 4 is 28.8 Å². The Morgan fingerprint density at radius 1 is 0.938 bits per heavy atom. The first-order valence-electron chi connectivity index (χ1n) is 11.5. The minimum Gasteiger partial charge on any atom is -0.382 e. The molecule has 2 aromatic carbocycles. The highest BCUT2D eigenvalue weighted by atomic mass is 16.5. The highest BCUT2D eigenvalue weighted by Crippen LogP contribution is 2.31. The summed E-state index contributed by atoms with van der Waals surface area (Å²) in [6.45, 7) is 7.58. The number of anilines is 2. The summed E-state index contributed by atoms with van der Waals surface area (Å²) in [7, 11) is 0. The van der Waals surface area contributed by atoms with Gasteiger partial charge in [0.15, 0.2) is 0 Å². The van der Waals surface area contributed by atoms with E-state index in [1.54, 1.807) is 0 Å². The van der Waals surface area contributed by atoms with Crippen molar-refractivity contribution in [1.29, 1.82) is 0 Å². The summed E-state index contributed by atoms with van der Waals surface area (Å²) < 4.78 is 5.38. The van der Waals surface area contributed by atoms with Crippen LogP contribution < -0.4 is 10.2 Å². The molecule has 0 atom stereocenters. The molecule has 0 aromatic heterocycles. The zero-order valence-corrected chi connectivity index (χ0v) is 18.9. The molecule has 2 heterocycles. The molecular formula is C26H31N3O3. The number of amides is 2. The number of carbonyl (C=O) groups excluding carboxylic acids is 2. The summed E-state index contributed by atoms with van der Waals surface area (Å²) in [6, 6.07) is 15.8. The second-order valence-electron chi connectivity index (χ2n) is 8.29. The van der Waals surface area contributed by atoms with Crippen LogP contribution in [0.15, 0.2) is 54.2 Å². The third-order valence-electron chi connectivity index (χ3n) is 5.99. The monoisotopic (exact) mass is 433 g/mol. The van der Waals surface area contributed by atoms with E-state index in [-0.39, 0.29) is 11.8 Å². The first-order valence-corrected chi connectivity index (χ1v) is 11.5. The van der Waals surface area contributed by atoms with Crippen LogP contribution in [0.2, 0.25) is 0 Å².